The van der Waals surface area contributed by atoms with Gasteiger partial charge in [-0.2, -0.15) is 4.98 Å². The van der Waals surface area contributed by atoms with Crippen molar-refractivity contribution < 1.29 is 13.8 Å². The molecule has 2 unspecified atom stereocenters. The summed E-state index contributed by atoms with van der Waals surface area (Å²) in [7, 11) is 0. The van der Waals surface area contributed by atoms with Crippen LogP contribution in [0.15, 0.2) is 9.05 Å². The predicted molar refractivity (Wildman–Crippen MR) is 66.0 cm³/mol. The molecule has 6 nitrogen and oxygen atoms in total. The third-order valence-corrected chi connectivity index (χ3v) is 3.64. The Kier molecular flexibility index (Phi) is 3.10. The molecular formula is C13H17N3O3. The van der Waals surface area contributed by atoms with Crippen LogP contribution in [0.3, 0.4) is 0 Å². The molecule has 0 N–H and O–H groups in total. The number of aromatic nitrogens is 3. The Bertz CT molecular complexity index is 550. The number of ether oxygens (including phenoxy) is 1. The molecule has 102 valence electrons. The molecule has 2 aromatic heterocycles. The zero-order valence-electron chi connectivity index (χ0n) is 11.3. The smallest absolute Gasteiger partial charge is 0.234 e. The summed E-state index contributed by atoms with van der Waals surface area (Å²) in [5.41, 5.74) is 1.90. The van der Waals surface area contributed by atoms with E-state index in [0.29, 0.717) is 12.5 Å². The lowest BCUT2D eigenvalue weighted by Crippen LogP contribution is -2.02. The first-order chi connectivity index (χ1) is 9.16. The average molecular weight is 263 g/mol. The fraction of sp³-hybridized carbons (Fsp3) is 0.615. The summed E-state index contributed by atoms with van der Waals surface area (Å²) < 4.78 is 15.9. The second-order valence-corrected chi connectivity index (χ2v) is 5.01. The second-order valence-electron chi connectivity index (χ2n) is 5.01. The van der Waals surface area contributed by atoms with E-state index in [0.717, 1.165) is 35.9 Å². The molecule has 19 heavy (non-hydrogen) atoms. The highest BCUT2D eigenvalue weighted by molar-refractivity contribution is 5.29. The topological polar surface area (TPSA) is 74.2 Å². The maximum Gasteiger partial charge on any atom is 0.234 e. The van der Waals surface area contributed by atoms with E-state index in [4.69, 9.17) is 13.8 Å². The molecule has 0 amide bonds. The van der Waals surface area contributed by atoms with Crippen molar-refractivity contribution in [3.05, 3.63) is 28.7 Å². The lowest BCUT2D eigenvalue weighted by molar-refractivity contribution is 0.192. The van der Waals surface area contributed by atoms with E-state index < -0.39 is 0 Å². The highest BCUT2D eigenvalue weighted by atomic mass is 16.5. The van der Waals surface area contributed by atoms with Gasteiger partial charge in [-0.05, 0) is 27.2 Å². The molecule has 1 fully saturated rings. The molecule has 0 aromatic carbocycles. The quantitative estimate of drug-likeness (QED) is 0.846. The number of nitrogens with zero attached hydrogens (tertiary/aromatic N) is 3. The Morgan fingerprint density at radius 2 is 2.05 bits per heavy atom. The minimum absolute atomic E-state index is 0.00479. The zero-order chi connectivity index (χ0) is 13.4. The summed E-state index contributed by atoms with van der Waals surface area (Å²) in [5, 5.41) is 8.03. The molecule has 1 saturated heterocycles. The lowest BCUT2D eigenvalue weighted by Gasteiger charge is -2.05. The van der Waals surface area contributed by atoms with Crippen molar-refractivity contribution in [2.24, 2.45) is 0 Å². The van der Waals surface area contributed by atoms with Gasteiger partial charge in [0.05, 0.1) is 18.2 Å². The molecule has 1 aliphatic rings. The molecule has 3 rings (SSSR count). The predicted octanol–water partition coefficient (Wildman–Crippen LogP) is 2.33. The van der Waals surface area contributed by atoms with E-state index in [9.17, 15) is 0 Å². The molecule has 2 aromatic rings. The maximum atomic E-state index is 5.39. The summed E-state index contributed by atoms with van der Waals surface area (Å²) >= 11 is 0. The van der Waals surface area contributed by atoms with Gasteiger partial charge >= 0.3 is 0 Å². The van der Waals surface area contributed by atoms with Crippen LogP contribution in [-0.4, -0.2) is 28.5 Å². The van der Waals surface area contributed by atoms with Gasteiger partial charge in [-0.1, -0.05) is 10.3 Å². The Morgan fingerprint density at radius 1 is 1.21 bits per heavy atom. The van der Waals surface area contributed by atoms with Crippen molar-refractivity contribution in [3.63, 3.8) is 0 Å². The van der Waals surface area contributed by atoms with E-state index in [1.807, 2.05) is 20.8 Å². The van der Waals surface area contributed by atoms with Gasteiger partial charge in [0.1, 0.15) is 5.76 Å². The fourth-order valence-electron chi connectivity index (χ4n) is 2.56. The van der Waals surface area contributed by atoms with Crippen molar-refractivity contribution >= 4 is 0 Å². The number of rotatable bonds is 3. The standard InChI is InChI=1S/C13H17N3O3/c1-7(11-8(2)15-18-9(11)3)13-14-12(16-19-13)10-4-5-17-6-10/h7,10H,4-6H2,1-3H3. The van der Waals surface area contributed by atoms with Crippen LogP contribution in [0.5, 0.6) is 0 Å². The van der Waals surface area contributed by atoms with Crippen LogP contribution < -0.4 is 0 Å². The van der Waals surface area contributed by atoms with Gasteiger partial charge in [-0.3, -0.25) is 0 Å². The van der Waals surface area contributed by atoms with Gasteiger partial charge in [-0.15, -0.1) is 0 Å². The minimum atomic E-state index is -0.00479. The summed E-state index contributed by atoms with van der Waals surface area (Å²) in [5.74, 6) is 2.40. The number of hydrogen-bond acceptors (Lipinski definition) is 6. The van der Waals surface area contributed by atoms with Gasteiger partial charge in [0, 0.05) is 18.1 Å². The SMILES string of the molecule is Cc1noc(C)c1C(C)c1nc(C2CCOC2)no1. The van der Waals surface area contributed by atoms with E-state index in [1.165, 1.54) is 0 Å². The second kappa shape index (κ2) is 4.77. The van der Waals surface area contributed by atoms with Gasteiger partial charge in [0.2, 0.25) is 5.89 Å². The van der Waals surface area contributed by atoms with Crippen LogP contribution in [0.25, 0.3) is 0 Å². The Balaban J connectivity index is 1.86. The third-order valence-electron chi connectivity index (χ3n) is 3.64. The Morgan fingerprint density at radius 3 is 2.68 bits per heavy atom. The van der Waals surface area contributed by atoms with E-state index in [2.05, 4.69) is 15.3 Å². The zero-order valence-corrected chi connectivity index (χ0v) is 11.3. The van der Waals surface area contributed by atoms with Crippen molar-refractivity contribution in [1.82, 2.24) is 15.3 Å². The van der Waals surface area contributed by atoms with Crippen LogP contribution in [0.1, 0.15) is 53.9 Å². The maximum absolute atomic E-state index is 5.39. The van der Waals surface area contributed by atoms with Crippen molar-refractivity contribution in [2.45, 2.75) is 39.0 Å². The first-order valence-electron chi connectivity index (χ1n) is 6.51. The van der Waals surface area contributed by atoms with Crippen LogP contribution in [0.4, 0.5) is 0 Å². The van der Waals surface area contributed by atoms with Gasteiger partial charge < -0.3 is 13.8 Å². The molecular weight excluding hydrogens is 246 g/mol. The highest BCUT2D eigenvalue weighted by Gasteiger charge is 2.27. The summed E-state index contributed by atoms with van der Waals surface area (Å²) in [6.07, 6.45) is 0.957. The fourth-order valence-corrected chi connectivity index (χ4v) is 2.56. The van der Waals surface area contributed by atoms with Gasteiger partial charge in [0.15, 0.2) is 5.82 Å². The largest absolute Gasteiger partial charge is 0.381 e. The van der Waals surface area contributed by atoms with E-state index >= 15 is 0 Å². The van der Waals surface area contributed by atoms with Gasteiger partial charge in [-0.25, -0.2) is 0 Å². The monoisotopic (exact) mass is 263 g/mol. The number of aryl methyl sites for hydroxylation is 2. The van der Waals surface area contributed by atoms with Crippen LogP contribution in [-0.2, 0) is 4.74 Å². The molecule has 0 radical (unpaired) electrons. The van der Waals surface area contributed by atoms with E-state index in [1.54, 1.807) is 0 Å². The highest BCUT2D eigenvalue weighted by Crippen LogP contribution is 2.30. The summed E-state index contributed by atoms with van der Waals surface area (Å²) in [6.45, 7) is 7.29. The van der Waals surface area contributed by atoms with Crippen molar-refractivity contribution in [1.29, 1.82) is 0 Å². The number of hydrogen-bond donors (Lipinski definition) is 0. The van der Waals surface area contributed by atoms with Crippen molar-refractivity contribution in [2.75, 3.05) is 13.2 Å². The van der Waals surface area contributed by atoms with Gasteiger partial charge in [0.25, 0.3) is 0 Å². The molecule has 3 heterocycles. The molecule has 2 atom stereocenters. The molecule has 1 aliphatic heterocycles. The van der Waals surface area contributed by atoms with Crippen LogP contribution in [0.2, 0.25) is 0 Å². The van der Waals surface area contributed by atoms with Crippen LogP contribution in [0, 0.1) is 13.8 Å². The molecule has 6 heteroatoms. The van der Waals surface area contributed by atoms with Crippen molar-refractivity contribution in [3.8, 4) is 0 Å². The Labute approximate surface area is 111 Å². The molecule has 0 bridgehead atoms. The Hall–Kier alpha value is -1.69. The molecule has 0 spiro atoms. The van der Waals surface area contributed by atoms with Crippen LogP contribution >= 0.6 is 0 Å². The summed E-state index contributed by atoms with van der Waals surface area (Å²) in [4.78, 5) is 4.50. The average Bonchev–Trinajstić information content (AvgIpc) is 3.09. The third kappa shape index (κ3) is 2.16. The lowest BCUT2D eigenvalue weighted by atomic mass is 9.99. The molecule has 0 aliphatic carbocycles. The van der Waals surface area contributed by atoms with E-state index in [-0.39, 0.29) is 11.8 Å². The first-order valence-corrected chi connectivity index (χ1v) is 6.51. The molecule has 0 saturated carbocycles. The first kappa shape index (κ1) is 12.3. The summed E-state index contributed by atoms with van der Waals surface area (Å²) in [6, 6.07) is 0. The normalized spacial score (nSPS) is 20.9. The minimum Gasteiger partial charge on any atom is -0.381 e.